The molecule has 6 heteroatoms. The standard InChI is InChI=1S/C20H14N4O2/c25-19-18(11-15(12-22-19)13-7-9-21-10-8-13)24-20(26)17-6-5-14-3-1-2-4-16(14)23-17/h1-12H,(H,22,25)(H,24,26). The molecule has 0 aliphatic heterocycles. The first-order chi connectivity index (χ1) is 12.7. The molecule has 3 aromatic heterocycles. The van der Waals surface area contributed by atoms with Gasteiger partial charge in [-0.25, -0.2) is 4.98 Å². The van der Waals surface area contributed by atoms with Crippen LogP contribution in [0, 0.1) is 0 Å². The average Bonchev–Trinajstić information content (AvgIpc) is 2.70. The molecule has 2 N–H and O–H groups in total. The Morgan fingerprint density at radius 2 is 1.77 bits per heavy atom. The number of amides is 1. The molecule has 0 saturated heterocycles. The number of H-pyrrole nitrogens is 1. The summed E-state index contributed by atoms with van der Waals surface area (Å²) in [5.74, 6) is -0.437. The van der Waals surface area contributed by atoms with Gasteiger partial charge in [-0.1, -0.05) is 24.3 Å². The number of para-hydroxylation sites is 1. The maximum atomic E-state index is 12.5. The van der Waals surface area contributed by atoms with Crippen LogP contribution in [0.25, 0.3) is 22.0 Å². The molecule has 0 unspecified atom stereocenters. The van der Waals surface area contributed by atoms with Crippen LogP contribution in [0.5, 0.6) is 0 Å². The second-order valence-corrected chi connectivity index (χ2v) is 5.71. The maximum absolute atomic E-state index is 12.5. The number of benzene rings is 1. The van der Waals surface area contributed by atoms with Crippen molar-refractivity contribution in [3.05, 3.63) is 89.2 Å². The Labute approximate surface area is 148 Å². The van der Waals surface area contributed by atoms with E-state index in [4.69, 9.17) is 0 Å². The molecule has 0 aliphatic rings. The minimum Gasteiger partial charge on any atom is -0.327 e. The highest BCUT2D eigenvalue weighted by molar-refractivity contribution is 6.04. The summed E-state index contributed by atoms with van der Waals surface area (Å²) in [6, 6.07) is 16.3. The molecule has 126 valence electrons. The fraction of sp³-hybridized carbons (Fsp3) is 0. The molecule has 0 bridgehead atoms. The number of carbonyl (C=O) groups is 1. The number of pyridine rings is 3. The molecule has 6 nitrogen and oxygen atoms in total. The van der Waals surface area contributed by atoms with Crippen molar-refractivity contribution in [3.63, 3.8) is 0 Å². The van der Waals surface area contributed by atoms with Gasteiger partial charge in [0, 0.05) is 29.5 Å². The summed E-state index contributed by atoms with van der Waals surface area (Å²) in [5, 5.41) is 3.59. The second kappa shape index (κ2) is 6.60. The molecule has 4 rings (SSSR count). The SMILES string of the molecule is O=C(Nc1cc(-c2ccncc2)c[nH]c1=O)c1ccc2ccccc2n1. The Kier molecular flexibility index (Phi) is 3.99. The van der Waals surface area contributed by atoms with Crippen molar-refractivity contribution in [1.29, 1.82) is 0 Å². The highest BCUT2D eigenvalue weighted by Gasteiger charge is 2.12. The van der Waals surface area contributed by atoms with Crippen LogP contribution in [0.1, 0.15) is 10.5 Å². The normalized spacial score (nSPS) is 10.6. The number of anilines is 1. The summed E-state index contributed by atoms with van der Waals surface area (Å²) >= 11 is 0. The van der Waals surface area contributed by atoms with Gasteiger partial charge in [0.25, 0.3) is 11.5 Å². The molecule has 0 atom stereocenters. The predicted octanol–water partition coefficient (Wildman–Crippen LogP) is 3.24. The summed E-state index contributed by atoms with van der Waals surface area (Å²) < 4.78 is 0. The summed E-state index contributed by atoms with van der Waals surface area (Å²) in [6.45, 7) is 0. The van der Waals surface area contributed by atoms with Gasteiger partial charge in [-0.05, 0) is 35.9 Å². The molecule has 3 heterocycles. The Hall–Kier alpha value is -3.80. The van der Waals surface area contributed by atoms with Crippen LogP contribution in [0.15, 0.2) is 78.0 Å². The fourth-order valence-electron chi connectivity index (χ4n) is 2.67. The van der Waals surface area contributed by atoms with Gasteiger partial charge < -0.3 is 10.3 Å². The van der Waals surface area contributed by atoms with Crippen LogP contribution in [0.4, 0.5) is 5.69 Å². The number of hydrogen-bond acceptors (Lipinski definition) is 4. The molecule has 0 radical (unpaired) electrons. The quantitative estimate of drug-likeness (QED) is 0.598. The van der Waals surface area contributed by atoms with Crippen molar-refractivity contribution >= 4 is 22.5 Å². The molecule has 0 saturated carbocycles. The summed E-state index contributed by atoms with van der Waals surface area (Å²) in [7, 11) is 0. The van der Waals surface area contributed by atoms with E-state index in [1.807, 2.05) is 42.5 Å². The van der Waals surface area contributed by atoms with Crippen molar-refractivity contribution in [1.82, 2.24) is 15.0 Å². The number of aromatic nitrogens is 3. The lowest BCUT2D eigenvalue weighted by molar-refractivity contribution is 0.102. The van der Waals surface area contributed by atoms with Gasteiger partial charge in [0.05, 0.1) is 5.52 Å². The van der Waals surface area contributed by atoms with Crippen LogP contribution >= 0.6 is 0 Å². The van der Waals surface area contributed by atoms with Gasteiger partial charge in [-0.2, -0.15) is 0 Å². The Morgan fingerprint density at radius 1 is 0.962 bits per heavy atom. The Bertz CT molecular complexity index is 1150. The predicted molar refractivity (Wildman–Crippen MR) is 100.0 cm³/mol. The van der Waals surface area contributed by atoms with Crippen molar-refractivity contribution in [2.24, 2.45) is 0 Å². The molecule has 26 heavy (non-hydrogen) atoms. The van der Waals surface area contributed by atoms with Gasteiger partial charge in [-0.15, -0.1) is 0 Å². The number of hydrogen-bond donors (Lipinski definition) is 2. The minimum absolute atomic E-state index is 0.166. The van der Waals surface area contributed by atoms with E-state index in [-0.39, 0.29) is 16.9 Å². The molecule has 0 spiro atoms. The zero-order chi connectivity index (χ0) is 17.9. The lowest BCUT2D eigenvalue weighted by Crippen LogP contribution is -2.20. The lowest BCUT2D eigenvalue weighted by Gasteiger charge is -2.07. The number of carbonyl (C=O) groups excluding carboxylic acids is 1. The Balaban J connectivity index is 1.65. The summed E-state index contributed by atoms with van der Waals surface area (Å²) in [6.07, 6.45) is 4.93. The summed E-state index contributed by atoms with van der Waals surface area (Å²) in [5.41, 5.74) is 2.41. The molecule has 1 amide bonds. The van der Waals surface area contributed by atoms with Crippen molar-refractivity contribution in [2.75, 3.05) is 5.32 Å². The van der Waals surface area contributed by atoms with Gasteiger partial charge in [-0.3, -0.25) is 14.6 Å². The largest absolute Gasteiger partial charge is 0.327 e. The van der Waals surface area contributed by atoms with Crippen molar-refractivity contribution in [2.45, 2.75) is 0 Å². The van der Waals surface area contributed by atoms with E-state index in [9.17, 15) is 9.59 Å². The van der Waals surface area contributed by atoms with E-state index in [0.29, 0.717) is 0 Å². The van der Waals surface area contributed by atoms with Crippen LogP contribution < -0.4 is 10.9 Å². The molecular weight excluding hydrogens is 328 g/mol. The molecular formula is C20H14N4O2. The molecule has 0 aliphatic carbocycles. The highest BCUT2D eigenvalue weighted by atomic mass is 16.2. The van der Waals surface area contributed by atoms with E-state index >= 15 is 0 Å². The van der Waals surface area contributed by atoms with Crippen LogP contribution in [-0.4, -0.2) is 20.9 Å². The van der Waals surface area contributed by atoms with Gasteiger partial charge in [0.2, 0.25) is 0 Å². The lowest BCUT2D eigenvalue weighted by atomic mass is 10.1. The van der Waals surface area contributed by atoms with E-state index < -0.39 is 5.91 Å². The van der Waals surface area contributed by atoms with Gasteiger partial charge in [0.15, 0.2) is 0 Å². The van der Waals surface area contributed by atoms with E-state index in [1.165, 1.54) is 0 Å². The minimum atomic E-state index is -0.437. The second-order valence-electron chi connectivity index (χ2n) is 5.71. The number of nitrogens with one attached hydrogen (secondary N) is 2. The molecule has 0 fully saturated rings. The van der Waals surface area contributed by atoms with Crippen LogP contribution in [-0.2, 0) is 0 Å². The number of aromatic amines is 1. The third-order valence-electron chi connectivity index (χ3n) is 4.00. The third-order valence-corrected chi connectivity index (χ3v) is 4.00. The van der Waals surface area contributed by atoms with Crippen LogP contribution in [0.2, 0.25) is 0 Å². The Morgan fingerprint density at radius 3 is 2.62 bits per heavy atom. The molecule has 4 aromatic rings. The zero-order valence-corrected chi connectivity index (χ0v) is 13.6. The monoisotopic (exact) mass is 342 g/mol. The summed E-state index contributed by atoms with van der Waals surface area (Å²) in [4.78, 5) is 35.6. The first-order valence-corrected chi connectivity index (χ1v) is 8.01. The van der Waals surface area contributed by atoms with E-state index in [2.05, 4.69) is 20.3 Å². The van der Waals surface area contributed by atoms with Crippen LogP contribution in [0.3, 0.4) is 0 Å². The zero-order valence-electron chi connectivity index (χ0n) is 13.6. The van der Waals surface area contributed by atoms with E-state index in [1.54, 1.807) is 30.7 Å². The van der Waals surface area contributed by atoms with Crippen molar-refractivity contribution < 1.29 is 4.79 Å². The van der Waals surface area contributed by atoms with Gasteiger partial charge >= 0.3 is 0 Å². The number of rotatable bonds is 3. The van der Waals surface area contributed by atoms with Crippen molar-refractivity contribution in [3.8, 4) is 11.1 Å². The smallest absolute Gasteiger partial charge is 0.274 e. The third kappa shape index (κ3) is 3.08. The first-order valence-electron chi connectivity index (χ1n) is 8.01. The molecule has 1 aromatic carbocycles. The highest BCUT2D eigenvalue weighted by Crippen LogP contribution is 2.19. The topological polar surface area (TPSA) is 87.7 Å². The number of nitrogens with zero attached hydrogens (tertiary/aromatic N) is 2. The first kappa shape index (κ1) is 15.7. The maximum Gasteiger partial charge on any atom is 0.274 e. The van der Waals surface area contributed by atoms with E-state index in [0.717, 1.165) is 22.0 Å². The fourth-order valence-corrected chi connectivity index (χ4v) is 2.67. The number of fused-ring (bicyclic) bond motifs is 1. The van der Waals surface area contributed by atoms with Gasteiger partial charge in [0.1, 0.15) is 11.4 Å². The average molecular weight is 342 g/mol.